The van der Waals surface area contributed by atoms with Crippen molar-refractivity contribution >= 4 is 5.91 Å². The molecule has 0 saturated heterocycles. The molecule has 4 fully saturated rings. The van der Waals surface area contributed by atoms with Crippen LogP contribution < -0.4 is 5.32 Å². The molecule has 0 bridgehead atoms. The largest absolute Gasteiger partial charge is 0.393 e. The van der Waals surface area contributed by atoms with Gasteiger partial charge < -0.3 is 20.0 Å². The van der Waals surface area contributed by atoms with Crippen LogP contribution in [-0.4, -0.2) is 67.0 Å². The monoisotopic (exact) mass is 477 g/mol. The van der Waals surface area contributed by atoms with E-state index in [1.54, 1.807) is 0 Å². The lowest BCUT2D eigenvalue weighted by molar-refractivity contribution is -0.869. The van der Waals surface area contributed by atoms with E-state index >= 15 is 0 Å². The maximum absolute atomic E-state index is 12.5. The third-order valence-electron chi connectivity index (χ3n) is 11.3. The number of amides is 1. The molecule has 0 aromatic carbocycles. The predicted octanol–water partition coefficient (Wildman–Crippen LogP) is 4.22. The van der Waals surface area contributed by atoms with Gasteiger partial charge in [-0.3, -0.25) is 4.79 Å². The van der Waals surface area contributed by atoms with E-state index in [4.69, 9.17) is 0 Å². The summed E-state index contributed by atoms with van der Waals surface area (Å²) in [5.74, 6) is 3.77. The van der Waals surface area contributed by atoms with Crippen LogP contribution >= 0.6 is 0 Å². The second-order valence-corrected chi connectivity index (χ2v) is 14.3. The molecule has 4 aliphatic carbocycles. The molecule has 0 aromatic heterocycles. The Morgan fingerprint density at radius 2 is 1.65 bits per heavy atom. The summed E-state index contributed by atoms with van der Waals surface area (Å²) < 4.78 is 0.871. The Hall–Kier alpha value is -0.650. The van der Waals surface area contributed by atoms with Gasteiger partial charge in [-0.05, 0) is 104 Å². The normalized spacial score (nSPS) is 45.1. The lowest BCUT2D eigenvalue weighted by Crippen LogP contribution is -2.58. The van der Waals surface area contributed by atoms with Crippen LogP contribution in [0.4, 0.5) is 0 Å². The van der Waals surface area contributed by atoms with Crippen molar-refractivity contribution in [2.24, 2.45) is 46.3 Å². The first-order valence-corrected chi connectivity index (χ1v) is 14.3. The Labute approximate surface area is 208 Å². The van der Waals surface area contributed by atoms with Crippen molar-refractivity contribution in [2.75, 3.05) is 34.2 Å². The first-order valence-electron chi connectivity index (χ1n) is 14.3. The molecule has 3 N–H and O–H groups in total. The highest BCUT2D eigenvalue weighted by Crippen LogP contribution is 2.68. The highest BCUT2D eigenvalue weighted by atomic mass is 16.3. The van der Waals surface area contributed by atoms with Gasteiger partial charge in [0.2, 0.25) is 5.91 Å². The van der Waals surface area contributed by atoms with E-state index in [1.807, 2.05) is 0 Å². The highest BCUT2D eigenvalue weighted by molar-refractivity contribution is 5.75. The van der Waals surface area contributed by atoms with Crippen molar-refractivity contribution in [3.05, 3.63) is 0 Å². The van der Waals surface area contributed by atoms with E-state index in [1.165, 1.54) is 25.7 Å². The number of quaternary nitrogens is 1. The van der Waals surface area contributed by atoms with Crippen LogP contribution in [0.25, 0.3) is 0 Å². The van der Waals surface area contributed by atoms with Gasteiger partial charge in [0.05, 0.1) is 46.4 Å². The lowest BCUT2D eigenvalue weighted by atomic mass is 9.44. The average molecular weight is 478 g/mol. The van der Waals surface area contributed by atoms with E-state index in [0.717, 1.165) is 49.7 Å². The Kier molecular flexibility index (Phi) is 7.51. The van der Waals surface area contributed by atoms with Crippen molar-refractivity contribution < 1.29 is 19.5 Å². The van der Waals surface area contributed by atoms with Crippen molar-refractivity contribution in [1.82, 2.24) is 5.32 Å². The maximum atomic E-state index is 12.5. The average Bonchev–Trinajstić information content (AvgIpc) is 3.10. The molecule has 4 aliphatic rings. The number of rotatable bonds is 7. The minimum atomic E-state index is -0.254. The van der Waals surface area contributed by atoms with Crippen LogP contribution in [0, 0.1) is 46.3 Å². The van der Waals surface area contributed by atoms with Crippen LogP contribution in [0.5, 0.6) is 0 Å². The third kappa shape index (κ3) is 4.95. The molecule has 4 saturated carbocycles. The van der Waals surface area contributed by atoms with Gasteiger partial charge in [0.15, 0.2) is 0 Å². The number of aliphatic hydroxyl groups is 2. The van der Waals surface area contributed by atoms with Crippen LogP contribution in [0.3, 0.4) is 0 Å². The van der Waals surface area contributed by atoms with Crippen LogP contribution in [-0.2, 0) is 4.79 Å². The molecule has 4 rings (SSSR count). The zero-order valence-corrected chi connectivity index (χ0v) is 22.9. The minimum absolute atomic E-state index is 0.191. The number of hydrogen-bond acceptors (Lipinski definition) is 3. The smallest absolute Gasteiger partial charge is 0.220 e. The summed E-state index contributed by atoms with van der Waals surface area (Å²) in [7, 11) is 6.47. The van der Waals surface area contributed by atoms with Gasteiger partial charge in [0.1, 0.15) is 0 Å². The van der Waals surface area contributed by atoms with Crippen molar-refractivity contribution in [1.29, 1.82) is 0 Å². The first-order chi connectivity index (χ1) is 15.8. The van der Waals surface area contributed by atoms with Gasteiger partial charge >= 0.3 is 0 Å². The third-order valence-corrected chi connectivity index (χ3v) is 11.3. The second-order valence-electron chi connectivity index (χ2n) is 14.3. The molecule has 0 radical (unpaired) electrons. The summed E-state index contributed by atoms with van der Waals surface area (Å²) in [6, 6.07) is 0. The summed E-state index contributed by atoms with van der Waals surface area (Å²) >= 11 is 0. The molecule has 5 heteroatoms. The molecular formula is C29H53N2O3+. The van der Waals surface area contributed by atoms with Crippen LogP contribution in [0.1, 0.15) is 85.0 Å². The summed E-state index contributed by atoms with van der Waals surface area (Å²) in [5.41, 5.74) is 0.536. The van der Waals surface area contributed by atoms with E-state index in [-0.39, 0.29) is 29.4 Å². The quantitative estimate of drug-likeness (QED) is 0.481. The Balaban J connectivity index is 1.37. The second kappa shape index (κ2) is 9.67. The van der Waals surface area contributed by atoms with Gasteiger partial charge in [-0.15, -0.1) is 0 Å². The molecule has 196 valence electrons. The highest BCUT2D eigenvalue weighted by Gasteiger charge is 2.62. The van der Waals surface area contributed by atoms with Crippen LogP contribution in [0.2, 0.25) is 0 Å². The Morgan fingerprint density at radius 3 is 2.35 bits per heavy atom. The number of likely N-dealkylation sites (N-methyl/N-ethyl adjacent to an activating group) is 1. The van der Waals surface area contributed by atoms with Gasteiger partial charge in [-0.25, -0.2) is 0 Å². The van der Waals surface area contributed by atoms with E-state index in [2.05, 4.69) is 47.2 Å². The molecule has 0 heterocycles. The molecule has 5 nitrogen and oxygen atoms in total. The summed E-state index contributed by atoms with van der Waals surface area (Å²) in [6.45, 7) is 9.09. The maximum Gasteiger partial charge on any atom is 0.220 e. The minimum Gasteiger partial charge on any atom is -0.393 e. The van der Waals surface area contributed by atoms with Gasteiger partial charge in [-0.1, -0.05) is 20.8 Å². The molecular weight excluding hydrogens is 424 g/mol. The fourth-order valence-electron chi connectivity index (χ4n) is 9.43. The Bertz CT molecular complexity index is 735. The summed E-state index contributed by atoms with van der Waals surface area (Å²) in [6.07, 6.45) is 10.0. The van der Waals surface area contributed by atoms with E-state index in [9.17, 15) is 15.0 Å². The fourth-order valence-corrected chi connectivity index (χ4v) is 9.43. The topological polar surface area (TPSA) is 69.6 Å². The Morgan fingerprint density at radius 1 is 0.971 bits per heavy atom. The van der Waals surface area contributed by atoms with E-state index < -0.39 is 0 Å². The number of fused-ring (bicyclic) bond motifs is 5. The molecule has 34 heavy (non-hydrogen) atoms. The zero-order valence-electron chi connectivity index (χ0n) is 22.9. The molecule has 1 amide bonds. The number of carbonyl (C=O) groups is 1. The summed E-state index contributed by atoms with van der Waals surface area (Å²) in [4.78, 5) is 12.5. The van der Waals surface area contributed by atoms with Gasteiger partial charge in [-0.2, -0.15) is 0 Å². The number of nitrogens with zero attached hydrogens (tertiary/aromatic N) is 1. The van der Waals surface area contributed by atoms with Crippen LogP contribution in [0.15, 0.2) is 0 Å². The van der Waals surface area contributed by atoms with Gasteiger partial charge in [0.25, 0.3) is 0 Å². The number of nitrogens with one attached hydrogen (secondary N) is 1. The fraction of sp³-hybridized carbons (Fsp3) is 0.966. The SMILES string of the molecule is C[C@H](CCC(=O)NCC[N+](C)(C)C)[C@H]1CC[C@H]2[C@@H]3C[C@H](O)[C@@H]4C[C@H](O)CC[C@]4(C)[C@H]3CC[C@]12C. The van der Waals surface area contributed by atoms with Gasteiger partial charge in [0, 0.05) is 6.42 Å². The molecule has 10 atom stereocenters. The molecule has 0 aliphatic heterocycles. The summed E-state index contributed by atoms with van der Waals surface area (Å²) in [5, 5.41) is 24.6. The molecule has 0 aromatic rings. The lowest BCUT2D eigenvalue weighted by Gasteiger charge is -2.62. The number of hydrogen-bond donors (Lipinski definition) is 3. The number of carbonyl (C=O) groups excluding carboxylic acids is 1. The zero-order chi connectivity index (χ0) is 24.9. The predicted molar refractivity (Wildman–Crippen MR) is 137 cm³/mol. The van der Waals surface area contributed by atoms with Crippen molar-refractivity contribution in [3.8, 4) is 0 Å². The van der Waals surface area contributed by atoms with Crippen molar-refractivity contribution in [2.45, 2.75) is 97.2 Å². The standard InChI is InChI=1S/C29H52N2O3/c1-19(7-10-27(34)30-15-16-31(4,5)6)22-8-9-23-21-18-26(33)25-17-20(32)11-13-29(25,3)24(21)12-14-28(22,23)2/h19-26,32-33H,7-18H2,1-6H3/p+1/t19-,20-,21+,22-,23+,24+,25+,26+,28-,29-/m1/s1. The van der Waals surface area contributed by atoms with Crippen molar-refractivity contribution in [3.63, 3.8) is 0 Å². The van der Waals surface area contributed by atoms with E-state index in [0.29, 0.717) is 41.4 Å². The molecule has 0 unspecified atom stereocenters. The first kappa shape index (κ1) is 26.4. The number of aliphatic hydroxyl groups excluding tert-OH is 2. The molecule has 0 spiro atoms.